The molecule has 126 valence electrons. The van der Waals surface area contributed by atoms with Gasteiger partial charge in [-0.3, -0.25) is 14.5 Å². The molecule has 2 rings (SSSR count). The van der Waals surface area contributed by atoms with Crippen LogP contribution in [0.15, 0.2) is 28.7 Å². The van der Waals surface area contributed by atoms with Crippen LogP contribution in [0.3, 0.4) is 0 Å². The van der Waals surface area contributed by atoms with E-state index in [1.165, 1.54) is 0 Å². The fourth-order valence-corrected chi connectivity index (χ4v) is 2.81. The van der Waals surface area contributed by atoms with Crippen LogP contribution in [0.4, 0.5) is 0 Å². The molecule has 0 aliphatic carbocycles. The summed E-state index contributed by atoms with van der Waals surface area (Å²) in [4.78, 5) is 26.6. The van der Waals surface area contributed by atoms with Gasteiger partial charge in [0, 0.05) is 11.5 Å². The predicted octanol–water partition coefficient (Wildman–Crippen LogP) is 1.84. The van der Waals surface area contributed by atoms with Crippen LogP contribution in [0.25, 0.3) is 0 Å². The third-order valence-electron chi connectivity index (χ3n) is 3.92. The molecule has 1 aromatic rings. The summed E-state index contributed by atoms with van der Waals surface area (Å²) in [5.41, 5.74) is 0. The molecule has 0 unspecified atom stereocenters. The third kappa shape index (κ3) is 5.21. The van der Waals surface area contributed by atoms with E-state index in [0.29, 0.717) is 26.1 Å². The average molecular weight is 385 g/mol. The Labute approximate surface area is 144 Å². The number of hydrogen-bond donors (Lipinski definition) is 1. The fraction of sp³-hybridized carbons (Fsp3) is 0.500. The minimum Gasteiger partial charge on any atom is -0.492 e. The molecule has 1 heterocycles. The van der Waals surface area contributed by atoms with E-state index in [0.717, 1.165) is 16.6 Å². The van der Waals surface area contributed by atoms with Gasteiger partial charge in [-0.05, 0) is 43.7 Å². The number of carbonyl (C=O) groups is 2. The van der Waals surface area contributed by atoms with Gasteiger partial charge in [-0.25, -0.2) is 0 Å². The Morgan fingerprint density at radius 2 is 2.09 bits per heavy atom. The van der Waals surface area contributed by atoms with Gasteiger partial charge in [-0.15, -0.1) is 0 Å². The molecule has 6 nitrogen and oxygen atoms in total. The topological polar surface area (TPSA) is 70.1 Å². The SMILES string of the molecule is CN(CCOc1ccc(Br)cc1)C(=O)CN1CCC[C@@H]1C(=O)O. The lowest BCUT2D eigenvalue weighted by Gasteiger charge is -2.24. The van der Waals surface area contributed by atoms with Gasteiger partial charge in [0.2, 0.25) is 5.91 Å². The zero-order valence-corrected chi connectivity index (χ0v) is 14.7. The highest BCUT2D eigenvalue weighted by atomic mass is 79.9. The van der Waals surface area contributed by atoms with Gasteiger partial charge in [0.1, 0.15) is 18.4 Å². The Bertz CT molecular complexity index is 550. The number of likely N-dealkylation sites (N-methyl/N-ethyl adjacent to an activating group) is 1. The number of amides is 1. The first-order chi connectivity index (χ1) is 11.0. The highest BCUT2D eigenvalue weighted by molar-refractivity contribution is 9.10. The van der Waals surface area contributed by atoms with Gasteiger partial charge in [0.15, 0.2) is 0 Å². The number of likely N-dealkylation sites (tertiary alicyclic amines) is 1. The molecule has 1 aliphatic rings. The summed E-state index contributed by atoms with van der Waals surface area (Å²) < 4.78 is 6.57. The van der Waals surface area contributed by atoms with E-state index in [9.17, 15) is 9.59 Å². The van der Waals surface area contributed by atoms with Gasteiger partial charge >= 0.3 is 5.97 Å². The molecule has 0 bridgehead atoms. The molecule has 0 spiro atoms. The number of ether oxygens (including phenoxy) is 1. The Kier molecular flexibility index (Phi) is 6.41. The number of benzene rings is 1. The summed E-state index contributed by atoms with van der Waals surface area (Å²) in [5.74, 6) is -0.186. The number of aliphatic carboxylic acids is 1. The van der Waals surface area contributed by atoms with E-state index < -0.39 is 12.0 Å². The second-order valence-corrected chi connectivity index (χ2v) is 6.50. The second-order valence-electron chi connectivity index (χ2n) is 5.58. The first-order valence-corrected chi connectivity index (χ1v) is 8.36. The van der Waals surface area contributed by atoms with Crippen molar-refractivity contribution in [2.45, 2.75) is 18.9 Å². The highest BCUT2D eigenvalue weighted by Gasteiger charge is 2.32. The number of hydrogen-bond acceptors (Lipinski definition) is 4. The number of nitrogens with zero attached hydrogens (tertiary/aromatic N) is 2. The van der Waals surface area contributed by atoms with Gasteiger partial charge < -0.3 is 14.7 Å². The maximum absolute atomic E-state index is 12.2. The van der Waals surface area contributed by atoms with Crippen LogP contribution in [0, 0.1) is 0 Å². The van der Waals surface area contributed by atoms with Crippen LogP contribution in [-0.4, -0.2) is 66.1 Å². The largest absolute Gasteiger partial charge is 0.492 e. The molecular formula is C16H21BrN2O4. The second kappa shape index (κ2) is 8.31. The Morgan fingerprint density at radius 3 is 2.74 bits per heavy atom. The van der Waals surface area contributed by atoms with Crippen molar-refractivity contribution < 1.29 is 19.4 Å². The fourth-order valence-electron chi connectivity index (χ4n) is 2.55. The Morgan fingerprint density at radius 1 is 1.39 bits per heavy atom. The zero-order valence-electron chi connectivity index (χ0n) is 13.1. The third-order valence-corrected chi connectivity index (χ3v) is 4.45. The molecule has 1 atom stereocenters. The van der Waals surface area contributed by atoms with E-state index in [1.807, 2.05) is 24.3 Å². The summed E-state index contributed by atoms with van der Waals surface area (Å²) in [6.07, 6.45) is 1.43. The summed E-state index contributed by atoms with van der Waals surface area (Å²) in [6, 6.07) is 6.96. The number of halogens is 1. The molecule has 1 amide bonds. The molecule has 1 aromatic carbocycles. The first kappa shape index (κ1) is 17.7. The molecule has 1 fully saturated rings. The molecule has 23 heavy (non-hydrogen) atoms. The van der Waals surface area contributed by atoms with Crippen LogP contribution in [-0.2, 0) is 9.59 Å². The van der Waals surface area contributed by atoms with Crippen molar-refractivity contribution in [2.24, 2.45) is 0 Å². The summed E-state index contributed by atoms with van der Waals surface area (Å²) in [6.45, 7) is 1.66. The van der Waals surface area contributed by atoms with Crippen molar-refractivity contribution in [2.75, 3.05) is 33.3 Å². The lowest BCUT2D eigenvalue weighted by atomic mass is 10.2. The molecule has 1 saturated heterocycles. The molecule has 0 radical (unpaired) electrons. The van der Waals surface area contributed by atoms with Crippen molar-refractivity contribution in [1.29, 1.82) is 0 Å². The van der Waals surface area contributed by atoms with Gasteiger partial charge in [-0.1, -0.05) is 15.9 Å². The van der Waals surface area contributed by atoms with E-state index >= 15 is 0 Å². The van der Waals surface area contributed by atoms with E-state index in [1.54, 1.807) is 16.8 Å². The minimum atomic E-state index is -0.850. The molecule has 0 saturated carbocycles. The van der Waals surface area contributed by atoms with Crippen molar-refractivity contribution in [3.8, 4) is 5.75 Å². The van der Waals surface area contributed by atoms with Gasteiger partial charge in [0.05, 0.1) is 13.1 Å². The van der Waals surface area contributed by atoms with Crippen molar-refractivity contribution in [3.63, 3.8) is 0 Å². The number of carboxylic acids is 1. The Balaban J connectivity index is 1.74. The lowest BCUT2D eigenvalue weighted by molar-refractivity contribution is -0.143. The van der Waals surface area contributed by atoms with Crippen molar-refractivity contribution >= 4 is 27.8 Å². The summed E-state index contributed by atoms with van der Waals surface area (Å²) >= 11 is 3.36. The first-order valence-electron chi connectivity index (χ1n) is 7.56. The van der Waals surface area contributed by atoms with Crippen LogP contribution in [0.5, 0.6) is 5.75 Å². The highest BCUT2D eigenvalue weighted by Crippen LogP contribution is 2.17. The minimum absolute atomic E-state index is 0.0856. The van der Waals surface area contributed by atoms with E-state index in [-0.39, 0.29) is 12.5 Å². The zero-order chi connectivity index (χ0) is 16.8. The van der Waals surface area contributed by atoms with E-state index in [4.69, 9.17) is 9.84 Å². The Hall–Kier alpha value is -1.60. The van der Waals surface area contributed by atoms with Crippen LogP contribution in [0.2, 0.25) is 0 Å². The molecule has 0 aromatic heterocycles. The molecule has 1 aliphatic heterocycles. The summed E-state index contributed by atoms with van der Waals surface area (Å²) in [7, 11) is 1.71. The van der Waals surface area contributed by atoms with Crippen molar-refractivity contribution in [3.05, 3.63) is 28.7 Å². The number of carbonyl (C=O) groups excluding carboxylic acids is 1. The average Bonchev–Trinajstić information content (AvgIpc) is 2.97. The van der Waals surface area contributed by atoms with Crippen LogP contribution < -0.4 is 4.74 Å². The predicted molar refractivity (Wildman–Crippen MR) is 89.5 cm³/mol. The quantitative estimate of drug-likeness (QED) is 0.776. The monoisotopic (exact) mass is 384 g/mol. The standard InChI is InChI=1S/C16H21BrN2O4/c1-18(9-10-23-13-6-4-12(17)5-7-13)15(20)11-19-8-2-3-14(19)16(21)22/h4-7,14H,2-3,8-11H2,1H3,(H,21,22)/t14-/m1/s1. The number of carboxylic acid groups (broad SMARTS) is 1. The van der Waals surface area contributed by atoms with Gasteiger partial charge in [0.25, 0.3) is 0 Å². The maximum Gasteiger partial charge on any atom is 0.320 e. The lowest BCUT2D eigenvalue weighted by Crippen LogP contribution is -2.44. The summed E-state index contributed by atoms with van der Waals surface area (Å²) in [5, 5.41) is 9.13. The van der Waals surface area contributed by atoms with Crippen LogP contribution >= 0.6 is 15.9 Å². The van der Waals surface area contributed by atoms with Crippen LogP contribution in [0.1, 0.15) is 12.8 Å². The normalized spacial score (nSPS) is 17.9. The number of rotatable bonds is 7. The van der Waals surface area contributed by atoms with Gasteiger partial charge in [-0.2, -0.15) is 0 Å². The smallest absolute Gasteiger partial charge is 0.320 e. The molecule has 1 N–H and O–H groups in total. The van der Waals surface area contributed by atoms with E-state index in [2.05, 4.69) is 15.9 Å². The molecular weight excluding hydrogens is 364 g/mol. The van der Waals surface area contributed by atoms with Crippen molar-refractivity contribution in [1.82, 2.24) is 9.80 Å². The maximum atomic E-state index is 12.2. The molecule has 7 heteroatoms.